The van der Waals surface area contributed by atoms with E-state index in [-0.39, 0.29) is 19.3 Å². The Balaban J connectivity index is 1.84. The van der Waals surface area contributed by atoms with Crippen molar-refractivity contribution < 1.29 is 24.1 Å². The van der Waals surface area contributed by atoms with E-state index in [0.29, 0.717) is 0 Å². The molecule has 1 heterocycles. The minimum Gasteiger partial charge on any atom is -0.508 e. The van der Waals surface area contributed by atoms with Gasteiger partial charge in [0.25, 0.3) is 0 Å². The van der Waals surface area contributed by atoms with Crippen molar-refractivity contribution in [2.75, 3.05) is 20.7 Å². The van der Waals surface area contributed by atoms with Crippen LogP contribution >= 0.6 is 0 Å². The topological polar surface area (TPSA) is 57.2 Å². The number of fused-ring (bicyclic) bond motifs is 1. The lowest BCUT2D eigenvalue weighted by Crippen LogP contribution is -1.99. The number of rotatable bonds is 7. The van der Waals surface area contributed by atoms with Crippen molar-refractivity contribution in [1.29, 1.82) is 0 Å². The Morgan fingerprint density at radius 2 is 1.50 bits per heavy atom. The van der Waals surface area contributed by atoms with Crippen molar-refractivity contribution in [3.8, 4) is 23.0 Å². The van der Waals surface area contributed by atoms with E-state index < -0.39 is 0 Å². The third kappa shape index (κ3) is 4.11. The zero-order chi connectivity index (χ0) is 20.9. The van der Waals surface area contributed by atoms with Gasteiger partial charge in [0.05, 0.1) is 0 Å². The number of allylic oxidation sites excluding steroid dienone is 1. The highest BCUT2D eigenvalue weighted by molar-refractivity contribution is 5.99. The molecule has 0 bridgehead atoms. The van der Waals surface area contributed by atoms with E-state index in [9.17, 15) is 5.11 Å². The van der Waals surface area contributed by atoms with E-state index in [2.05, 4.69) is 13.0 Å². The Kier molecular flexibility index (Phi) is 5.91. The maximum atomic E-state index is 9.77. The van der Waals surface area contributed by atoms with Gasteiger partial charge < -0.3 is 24.1 Å². The number of methoxy groups -OCH3 is 1. The fourth-order valence-corrected chi connectivity index (χ4v) is 3.60. The molecule has 0 radical (unpaired) electrons. The van der Waals surface area contributed by atoms with E-state index in [1.54, 1.807) is 19.2 Å². The quantitative estimate of drug-likeness (QED) is 0.418. The Morgan fingerprint density at radius 3 is 2.17 bits per heavy atom. The molecule has 154 valence electrons. The summed E-state index contributed by atoms with van der Waals surface area (Å²) in [5.41, 5.74) is 5.41. The highest BCUT2D eigenvalue weighted by Gasteiger charge is 2.18. The molecule has 3 aromatic carbocycles. The summed E-state index contributed by atoms with van der Waals surface area (Å²) >= 11 is 0. The van der Waals surface area contributed by atoms with Crippen molar-refractivity contribution in [3.05, 3.63) is 83.4 Å². The zero-order valence-corrected chi connectivity index (χ0v) is 17.1. The smallest absolute Gasteiger partial charge is 0.231 e. The van der Waals surface area contributed by atoms with Crippen molar-refractivity contribution in [3.63, 3.8) is 0 Å². The predicted octanol–water partition coefficient (Wildman–Crippen LogP) is 5.47. The van der Waals surface area contributed by atoms with Crippen LogP contribution in [0.4, 0.5) is 0 Å². The maximum absolute atomic E-state index is 9.77. The van der Waals surface area contributed by atoms with Crippen LogP contribution in [0.15, 0.2) is 66.7 Å². The molecule has 0 fully saturated rings. The molecule has 5 heteroatoms. The first-order chi connectivity index (χ1) is 14.7. The number of hydrogen-bond acceptors (Lipinski definition) is 5. The minimum atomic E-state index is 0.206. The van der Waals surface area contributed by atoms with Crippen LogP contribution in [0.1, 0.15) is 30.0 Å². The molecule has 3 aromatic rings. The summed E-state index contributed by atoms with van der Waals surface area (Å²) < 4.78 is 21.6. The third-order valence-electron chi connectivity index (χ3n) is 5.02. The van der Waals surface area contributed by atoms with E-state index in [1.807, 2.05) is 48.5 Å². The van der Waals surface area contributed by atoms with Crippen LogP contribution in [0.2, 0.25) is 0 Å². The average molecular weight is 404 g/mol. The molecule has 1 aliphatic heterocycles. The van der Waals surface area contributed by atoms with Gasteiger partial charge in [0.1, 0.15) is 11.5 Å². The summed E-state index contributed by atoms with van der Waals surface area (Å²) in [6, 6.07) is 21.3. The molecule has 5 nitrogen and oxygen atoms in total. The number of phenolic OH excluding ortho intramolecular Hbond substituents is 1. The fraction of sp³-hybridized carbons (Fsp3) is 0.200. The minimum absolute atomic E-state index is 0.206. The summed E-state index contributed by atoms with van der Waals surface area (Å²) in [6.07, 6.45) is 0.817. The molecule has 0 unspecified atom stereocenters. The van der Waals surface area contributed by atoms with Crippen molar-refractivity contribution in [2.24, 2.45) is 0 Å². The van der Waals surface area contributed by atoms with Gasteiger partial charge in [-0.15, -0.1) is 0 Å². The molecule has 1 N–H and O–H groups in total. The van der Waals surface area contributed by atoms with Gasteiger partial charge in [0.15, 0.2) is 18.3 Å². The van der Waals surface area contributed by atoms with Crippen LogP contribution < -0.4 is 14.2 Å². The summed E-state index contributed by atoms with van der Waals surface area (Å²) in [6.45, 7) is 2.59. The second kappa shape index (κ2) is 8.93. The molecule has 0 aliphatic carbocycles. The zero-order valence-electron chi connectivity index (χ0n) is 17.1. The van der Waals surface area contributed by atoms with Gasteiger partial charge in [0, 0.05) is 7.11 Å². The molecule has 30 heavy (non-hydrogen) atoms. The molecule has 0 spiro atoms. The van der Waals surface area contributed by atoms with Crippen molar-refractivity contribution in [1.82, 2.24) is 0 Å². The standard InChI is InChI=1S/C25H24O5/c1-3-22(19-8-13-23-24(14-19)30-16-29-23)25(17-4-9-20(26)10-5-17)18-6-11-21(12-7-18)28-15-27-2/h4-14,26H,3,15-16H2,1-2H3. The Bertz CT molecular complexity index is 1040. The lowest BCUT2D eigenvalue weighted by molar-refractivity contribution is 0.0511. The van der Waals surface area contributed by atoms with E-state index in [0.717, 1.165) is 45.9 Å². The van der Waals surface area contributed by atoms with Crippen LogP contribution in [0, 0.1) is 0 Å². The van der Waals surface area contributed by atoms with Gasteiger partial charge >= 0.3 is 0 Å². The Morgan fingerprint density at radius 1 is 0.867 bits per heavy atom. The van der Waals surface area contributed by atoms with Gasteiger partial charge in [-0.3, -0.25) is 0 Å². The molecule has 1 aliphatic rings. The van der Waals surface area contributed by atoms with Crippen LogP contribution in [-0.4, -0.2) is 25.8 Å². The number of phenols is 1. The van der Waals surface area contributed by atoms with Crippen LogP contribution in [0.25, 0.3) is 11.1 Å². The third-order valence-corrected chi connectivity index (χ3v) is 5.02. The second-order valence-corrected chi connectivity index (χ2v) is 6.90. The average Bonchev–Trinajstić information content (AvgIpc) is 3.25. The maximum Gasteiger partial charge on any atom is 0.231 e. The molecular formula is C25H24O5. The lowest BCUT2D eigenvalue weighted by atomic mass is 9.88. The summed E-state index contributed by atoms with van der Waals surface area (Å²) in [4.78, 5) is 0. The van der Waals surface area contributed by atoms with Crippen LogP contribution in [0.3, 0.4) is 0 Å². The van der Waals surface area contributed by atoms with Gasteiger partial charge in [0.2, 0.25) is 6.79 Å². The van der Waals surface area contributed by atoms with Gasteiger partial charge in [-0.2, -0.15) is 0 Å². The molecule has 0 saturated heterocycles. The van der Waals surface area contributed by atoms with Crippen LogP contribution in [0.5, 0.6) is 23.0 Å². The normalized spacial score (nSPS) is 13.1. The molecule has 0 amide bonds. The molecule has 4 rings (SSSR count). The lowest BCUT2D eigenvalue weighted by Gasteiger charge is -2.17. The molecule has 0 atom stereocenters. The van der Waals surface area contributed by atoms with Gasteiger partial charge in [-0.05, 0) is 70.7 Å². The number of hydrogen-bond donors (Lipinski definition) is 1. The Labute approximate surface area is 176 Å². The first kappa shape index (κ1) is 19.9. The highest BCUT2D eigenvalue weighted by Crippen LogP contribution is 2.40. The summed E-state index contributed by atoms with van der Waals surface area (Å²) in [7, 11) is 1.60. The Hall–Kier alpha value is -3.44. The first-order valence-corrected chi connectivity index (χ1v) is 9.84. The molecule has 0 saturated carbocycles. The van der Waals surface area contributed by atoms with Gasteiger partial charge in [-0.25, -0.2) is 0 Å². The summed E-state index contributed by atoms with van der Waals surface area (Å²) in [5, 5.41) is 9.77. The summed E-state index contributed by atoms with van der Waals surface area (Å²) in [5.74, 6) is 2.50. The van der Waals surface area contributed by atoms with E-state index in [4.69, 9.17) is 18.9 Å². The second-order valence-electron chi connectivity index (χ2n) is 6.90. The first-order valence-electron chi connectivity index (χ1n) is 9.84. The number of benzene rings is 3. The van der Waals surface area contributed by atoms with Crippen molar-refractivity contribution in [2.45, 2.75) is 13.3 Å². The predicted molar refractivity (Wildman–Crippen MR) is 116 cm³/mol. The molecular weight excluding hydrogens is 380 g/mol. The highest BCUT2D eigenvalue weighted by atomic mass is 16.7. The van der Waals surface area contributed by atoms with E-state index >= 15 is 0 Å². The molecule has 0 aromatic heterocycles. The monoisotopic (exact) mass is 404 g/mol. The van der Waals surface area contributed by atoms with Crippen molar-refractivity contribution >= 4 is 11.1 Å². The SMILES string of the molecule is CCC(=C(c1ccc(O)cc1)c1ccc(OCOC)cc1)c1ccc2c(c1)OCO2. The number of aromatic hydroxyl groups is 1. The van der Waals surface area contributed by atoms with Gasteiger partial charge in [-0.1, -0.05) is 37.3 Å². The fourth-order valence-electron chi connectivity index (χ4n) is 3.60. The number of ether oxygens (including phenoxy) is 4. The van der Waals surface area contributed by atoms with E-state index in [1.165, 1.54) is 5.57 Å². The van der Waals surface area contributed by atoms with Crippen LogP contribution in [-0.2, 0) is 4.74 Å². The largest absolute Gasteiger partial charge is 0.508 e.